The molecule has 0 aromatic rings. The third-order valence-corrected chi connectivity index (χ3v) is 6.03. The summed E-state index contributed by atoms with van der Waals surface area (Å²) >= 11 is 0. The van der Waals surface area contributed by atoms with E-state index in [1.807, 2.05) is 0 Å². The second-order valence-electron chi connectivity index (χ2n) is 4.17. The van der Waals surface area contributed by atoms with Crippen LogP contribution < -0.4 is 0 Å². The first kappa shape index (κ1) is 19.4. The summed E-state index contributed by atoms with van der Waals surface area (Å²) in [6, 6.07) is 0. The van der Waals surface area contributed by atoms with E-state index >= 15 is 0 Å². The number of hydrogen-bond acceptors (Lipinski definition) is 8. The lowest BCUT2D eigenvalue weighted by Gasteiger charge is -2.19. The van der Waals surface area contributed by atoms with E-state index in [4.69, 9.17) is 24.3 Å². The summed E-state index contributed by atoms with van der Waals surface area (Å²) in [5.41, 5.74) is 0. The first-order chi connectivity index (χ1) is 9.30. The van der Waals surface area contributed by atoms with E-state index in [1.165, 1.54) is 0 Å². The number of rotatable bonds is 7. The van der Waals surface area contributed by atoms with Crippen molar-refractivity contribution in [2.45, 2.75) is 31.7 Å². The highest BCUT2D eigenvalue weighted by Gasteiger charge is 2.42. The molecule has 21 heavy (non-hydrogen) atoms. The van der Waals surface area contributed by atoms with Crippen molar-refractivity contribution in [2.24, 2.45) is 0 Å². The summed E-state index contributed by atoms with van der Waals surface area (Å²) in [5.74, 6) is 0. The monoisotopic (exact) mass is 372 g/mol. The highest BCUT2D eigenvalue weighted by molar-refractivity contribution is 7.66. The average molecular weight is 372 g/mol. The normalized spacial score (nSPS) is 32.6. The van der Waals surface area contributed by atoms with Crippen molar-refractivity contribution in [3.8, 4) is 0 Å². The Morgan fingerprint density at radius 3 is 2.10 bits per heavy atom. The van der Waals surface area contributed by atoms with Crippen molar-refractivity contribution >= 4 is 23.5 Å². The Morgan fingerprint density at radius 1 is 1.10 bits per heavy atom. The van der Waals surface area contributed by atoms with Gasteiger partial charge in [0.15, 0.2) is 0 Å². The minimum absolute atomic E-state index is 0.268. The van der Waals surface area contributed by atoms with E-state index in [0.29, 0.717) is 0 Å². The predicted molar refractivity (Wildman–Crippen MR) is 64.8 cm³/mol. The van der Waals surface area contributed by atoms with Crippen molar-refractivity contribution in [2.75, 3.05) is 6.61 Å². The second-order valence-corrected chi connectivity index (χ2v) is 8.59. The Hall–Kier alpha value is 0.330. The Labute approximate surface area is 119 Å². The van der Waals surface area contributed by atoms with Crippen molar-refractivity contribution in [3.63, 3.8) is 0 Å². The quantitative estimate of drug-likeness (QED) is 0.373. The van der Waals surface area contributed by atoms with Crippen LogP contribution in [0.3, 0.4) is 0 Å². The van der Waals surface area contributed by atoms with Crippen LogP contribution in [0.25, 0.3) is 0 Å². The number of phosphoric acid groups is 3. The van der Waals surface area contributed by atoms with Gasteiger partial charge in [-0.1, -0.05) is 0 Å². The van der Waals surface area contributed by atoms with Gasteiger partial charge in [-0.05, 0) is 6.92 Å². The molecule has 1 saturated heterocycles. The van der Waals surface area contributed by atoms with Crippen LogP contribution in [0.5, 0.6) is 0 Å². The van der Waals surface area contributed by atoms with Gasteiger partial charge < -0.3 is 29.4 Å². The van der Waals surface area contributed by atoms with Gasteiger partial charge >= 0.3 is 23.5 Å². The molecule has 5 unspecified atom stereocenters. The standard InChI is InChI=1S/C6H15O12P3/c1-4-2-5(7)6(16-4)3-15-20(11,12)18-21(13,14)17-19(8,9)10/h4-7H,2-3H2,1H3,(H,11,12)(H,13,14)(H2,8,9,10). The summed E-state index contributed by atoms with van der Waals surface area (Å²) in [5, 5.41) is 9.49. The first-order valence-electron chi connectivity index (χ1n) is 5.41. The van der Waals surface area contributed by atoms with Gasteiger partial charge in [-0.25, -0.2) is 13.7 Å². The molecule has 1 fully saturated rings. The van der Waals surface area contributed by atoms with E-state index in [0.717, 1.165) is 0 Å². The van der Waals surface area contributed by atoms with E-state index in [-0.39, 0.29) is 12.5 Å². The Bertz CT molecular complexity index is 499. The van der Waals surface area contributed by atoms with Crippen LogP contribution in [0.2, 0.25) is 0 Å². The van der Waals surface area contributed by atoms with Crippen LogP contribution >= 0.6 is 23.5 Å². The molecule has 5 N–H and O–H groups in total. The molecule has 1 heterocycles. The van der Waals surface area contributed by atoms with Gasteiger partial charge in [0.05, 0.1) is 18.8 Å². The van der Waals surface area contributed by atoms with Gasteiger partial charge in [0.25, 0.3) is 0 Å². The molecular weight excluding hydrogens is 357 g/mol. The SMILES string of the molecule is CC1CC(O)C(COP(=O)(O)OP(=O)(O)OP(=O)(O)O)O1. The Morgan fingerprint density at radius 2 is 1.67 bits per heavy atom. The zero-order valence-corrected chi connectivity index (χ0v) is 13.3. The van der Waals surface area contributed by atoms with E-state index in [1.54, 1.807) is 6.92 Å². The Balaban J connectivity index is 2.56. The molecule has 1 rings (SSSR count). The highest BCUT2D eigenvalue weighted by Crippen LogP contribution is 2.66. The third-order valence-electron chi connectivity index (χ3n) is 2.23. The van der Waals surface area contributed by atoms with Crippen LogP contribution in [-0.2, 0) is 31.6 Å². The fourth-order valence-electron chi connectivity index (χ4n) is 1.56. The number of hydrogen-bond donors (Lipinski definition) is 5. The fraction of sp³-hybridized carbons (Fsp3) is 1.00. The van der Waals surface area contributed by atoms with Crippen LogP contribution in [0.15, 0.2) is 0 Å². The molecule has 0 bridgehead atoms. The smallest absolute Gasteiger partial charge is 0.390 e. The van der Waals surface area contributed by atoms with Crippen LogP contribution in [0.4, 0.5) is 0 Å². The first-order valence-corrected chi connectivity index (χ1v) is 9.94. The maximum atomic E-state index is 11.4. The van der Waals surface area contributed by atoms with Crippen molar-refractivity contribution < 1.29 is 56.3 Å². The Kier molecular flexibility index (Phi) is 6.31. The zero-order chi connectivity index (χ0) is 16.5. The van der Waals surface area contributed by atoms with Crippen molar-refractivity contribution in [1.82, 2.24) is 0 Å². The van der Waals surface area contributed by atoms with Gasteiger partial charge in [-0.3, -0.25) is 4.52 Å². The lowest BCUT2D eigenvalue weighted by molar-refractivity contribution is -0.0167. The topological polar surface area (TPSA) is 189 Å². The largest absolute Gasteiger partial charge is 0.490 e. The summed E-state index contributed by atoms with van der Waals surface area (Å²) in [7, 11) is -16.1. The molecule has 12 nitrogen and oxygen atoms in total. The zero-order valence-electron chi connectivity index (χ0n) is 10.6. The van der Waals surface area contributed by atoms with E-state index in [9.17, 15) is 18.8 Å². The average Bonchev–Trinajstić information content (AvgIpc) is 2.48. The molecule has 5 atom stereocenters. The number of ether oxygens (including phenoxy) is 1. The highest BCUT2D eigenvalue weighted by atomic mass is 31.3. The molecule has 1 aliphatic heterocycles. The van der Waals surface area contributed by atoms with Crippen LogP contribution in [-0.4, -0.2) is 49.6 Å². The van der Waals surface area contributed by atoms with E-state index < -0.39 is 42.3 Å². The molecule has 0 aliphatic carbocycles. The van der Waals surface area contributed by atoms with Gasteiger partial charge in [0.1, 0.15) is 6.10 Å². The summed E-state index contributed by atoms with van der Waals surface area (Å²) in [4.78, 5) is 34.7. The van der Waals surface area contributed by atoms with E-state index in [2.05, 4.69) is 13.1 Å². The van der Waals surface area contributed by atoms with Crippen LogP contribution in [0, 0.1) is 0 Å². The van der Waals surface area contributed by atoms with Gasteiger partial charge in [-0.15, -0.1) is 0 Å². The number of aliphatic hydroxyl groups excluding tert-OH is 1. The van der Waals surface area contributed by atoms with Crippen molar-refractivity contribution in [1.29, 1.82) is 0 Å². The van der Waals surface area contributed by atoms with Gasteiger partial charge in [0.2, 0.25) is 0 Å². The molecule has 0 radical (unpaired) electrons. The molecule has 0 aromatic carbocycles. The van der Waals surface area contributed by atoms with Gasteiger partial charge in [0, 0.05) is 6.42 Å². The maximum Gasteiger partial charge on any atom is 0.490 e. The van der Waals surface area contributed by atoms with Crippen molar-refractivity contribution in [3.05, 3.63) is 0 Å². The van der Waals surface area contributed by atoms with Gasteiger partial charge in [-0.2, -0.15) is 8.62 Å². The molecule has 126 valence electrons. The third kappa shape index (κ3) is 7.43. The minimum atomic E-state index is -5.53. The second kappa shape index (κ2) is 6.84. The molecular formula is C6H15O12P3. The predicted octanol–water partition coefficient (Wildman–Crippen LogP) is -0.132. The molecule has 0 amide bonds. The summed E-state index contributed by atoms with van der Waals surface area (Å²) in [6.45, 7) is 1.00. The number of aliphatic hydroxyl groups is 1. The number of phosphoric ester groups is 1. The maximum absolute atomic E-state index is 11.4. The molecule has 1 aliphatic rings. The fourth-order valence-corrected chi connectivity index (χ4v) is 4.59. The molecule has 0 aromatic heterocycles. The summed E-state index contributed by atoms with van der Waals surface area (Å²) in [6.07, 6.45) is -1.96. The summed E-state index contributed by atoms with van der Waals surface area (Å²) < 4.78 is 49.3. The molecule has 0 saturated carbocycles. The van der Waals surface area contributed by atoms with Crippen LogP contribution in [0.1, 0.15) is 13.3 Å². The molecule has 15 heteroatoms. The lowest BCUT2D eigenvalue weighted by atomic mass is 10.1. The minimum Gasteiger partial charge on any atom is -0.390 e. The lowest BCUT2D eigenvalue weighted by Crippen LogP contribution is -2.26. The molecule has 0 spiro atoms.